The molecule has 0 radical (unpaired) electrons. The Balaban J connectivity index is 1.81. The highest BCUT2D eigenvalue weighted by molar-refractivity contribution is 7.18. The van der Waals surface area contributed by atoms with Gasteiger partial charge in [0, 0.05) is 6.08 Å². The number of rotatable bonds is 3. The zero-order valence-corrected chi connectivity index (χ0v) is 15.6. The monoisotopic (exact) mass is 352 g/mol. The number of fused-ring (bicyclic) bond motifs is 2. The van der Waals surface area contributed by atoms with E-state index in [0.717, 1.165) is 12.3 Å². The van der Waals surface area contributed by atoms with E-state index < -0.39 is 0 Å². The molecule has 1 aromatic carbocycles. The lowest BCUT2D eigenvalue weighted by molar-refractivity contribution is -0.665. The largest absolute Gasteiger partial charge is 0.497 e. The average molecular weight is 352 g/mol. The minimum absolute atomic E-state index is 0.104. The fourth-order valence-electron chi connectivity index (χ4n) is 3.42. The minimum Gasteiger partial charge on any atom is -0.497 e. The normalized spacial score (nSPS) is 21.2. The molecular weight excluding hydrogens is 330 g/mol. The molecule has 0 bridgehead atoms. The van der Waals surface area contributed by atoms with Crippen molar-refractivity contribution in [1.29, 1.82) is 0 Å². The third-order valence-corrected chi connectivity index (χ3v) is 5.98. The second-order valence-electron chi connectivity index (χ2n) is 6.24. The Bertz CT molecular complexity index is 946. The van der Waals surface area contributed by atoms with Gasteiger partial charge in [-0.3, -0.25) is 0 Å². The molecule has 0 N–H and O–H groups in total. The van der Waals surface area contributed by atoms with E-state index in [0.29, 0.717) is 6.61 Å². The van der Waals surface area contributed by atoms with Gasteiger partial charge >= 0.3 is 0 Å². The Kier molecular flexibility index (Phi) is 4.32. The third-order valence-electron chi connectivity index (χ3n) is 4.86. The molecule has 4 heteroatoms. The molecular formula is C21H22NO2S+. The maximum absolute atomic E-state index is 6.03. The molecule has 3 nitrogen and oxygen atoms in total. The van der Waals surface area contributed by atoms with Crippen LogP contribution in [-0.4, -0.2) is 19.8 Å². The van der Waals surface area contributed by atoms with Gasteiger partial charge in [0.05, 0.1) is 19.8 Å². The lowest BCUT2D eigenvalue weighted by atomic mass is 9.92. The molecule has 1 aromatic heterocycles. The van der Waals surface area contributed by atoms with Crippen LogP contribution in [0.3, 0.4) is 0 Å². The van der Waals surface area contributed by atoms with Crippen LogP contribution in [0, 0.1) is 0 Å². The molecule has 4 rings (SSSR count). The van der Waals surface area contributed by atoms with Gasteiger partial charge in [-0.05, 0) is 42.7 Å². The smallest absolute Gasteiger partial charge is 0.263 e. The second-order valence-corrected chi connectivity index (χ2v) is 7.31. The van der Waals surface area contributed by atoms with Crippen LogP contribution < -0.4 is 9.30 Å². The minimum atomic E-state index is 0.104. The van der Waals surface area contributed by atoms with Crippen LogP contribution in [0.25, 0.3) is 16.3 Å². The van der Waals surface area contributed by atoms with Crippen LogP contribution in [0.2, 0.25) is 0 Å². The maximum Gasteiger partial charge on any atom is 0.263 e. The maximum atomic E-state index is 6.03. The van der Waals surface area contributed by atoms with Crippen molar-refractivity contribution in [2.75, 3.05) is 13.7 Å². The Morgan fingerprint density at radius 1 is 1.36 bits per heavy atom. The number of aryl methyl sites for hydroxylation is 1. The Morgan fingerprint density at radius 2 is 2.24 bits per heavy atom. The van der Waals surface area contributed by atoms with Crippen molar-refractivity contribution in [2.24, 2.45) is 0 Å². The lowest BCUT2D eigenvalue weighted by Crippen LogP contribution is -2.33. The summed E-state index contributed by atoms with van der Waals surface area (Å²) in [7, 11) is 1.71. The van der Waals surface area contributed by atoms with Gasteiger partial charge in [0.15, 0.2) is 0 Å². The van der Waals surface area contributed by atoms with Crippen molar-refractivity contribution in [1.82, 2.24) is 0 Å². The third kappa shape index (κ3) is 2.86. The van der Waals surface area contributed by atoms with Crippen LogP contribution >= 0.6 is 11.3 Å². The van der Waals surface area contributed by atoms with Crippen LogP contribution in [0.5, 0.6) is 5.75 Å². The number of hydrogen-bond donors (Lipinski definition) is 0. The number of ether oxygens (including phenoxy) is 2. The highest BCUT2D eigenvalue weighted by atomic mass is 32.1. The van der Waals surface area contributed by atoms with E-state index >= 15 is 0 Å². The SMILES string of the molecule is CC[n+]1c(C=C2COC3C=CC=CC3=C2C)sc2ccc(OC)cc21. The fraction of sp³-hybridized carbons (Fsp3) is 0.286. The number of aromatic nitrogens is 1. The summed E-state index contributed by atoms with van der Waals surface area (Å²) in [5, 5.41) is 1.25. The molecule has 25 heavy (non-hydrogen) atoms. The van der Waals surface area contributed by atoms with Gasteiger partial charge in [-0.25, -0.2) is 0 Å². The molecule has 1 aliphatic heterocycles. The van der Waals surface area contributed by atoms with Gasteiger partial charge in [0.1, 0.15) is 23.1 Å². The molecule has 2 heterocycles. The molecule has 1 atom stereocenters. The molecule has 1 aliphatic carbocycles. The van der Waals surface area contributed by atoms with E-state index in [1.807, 2.05) is 17.4 Å². The van der Waals surface area contributed by atoms with E-state index in [9.17, 15) is 0 Å². The summed E-state index contributed by atoms with van der Waals surface area (Å²) in [6.07, 6.45) is 10.8. The number of nitrogens with zero attached hydrogens (tertiary/aromatic N) is 1. The summed E-state index contributed by atoms with van der Waals surface area (Å²) < 4.78 is 15.0. The number of thiazole rings is 1. The van der Waals surface area contributed by atoms with Crippen molar-refractivity contribution in [3.05, 3.63) is 64.2 Å². The number of methoxy groups -OCH3 is 1. The Labute approximate surface area is 152 Å². The first-order valence-electron chi connectivity index (χ1n) is 8.60. The molecule has 2 aromatic rings. The quantitative estimate of drug-likeness (QED) is 0.762. The molecule has 0 spiro atoms. The van der Waals surface area contributed by atoms with Crippen molar-refractivity contribution >= 4 is 27.6 Å². The predicted molar refractivity (Wildman–Crippen MR) is 103 cm³/mol. The van der Waals surface area contributed by atoms with E-state index in [4.69, 9.17) is 9.47 Å². The molecule has 0 fully saturated rings. The van der Waals surface area contributed by atoms with Crippen molar-refractivity contribution < 1.29 is 14.0 Å². The van der Waals surface area contributed by atoms with Gasteiger partial charge in [-0.15, -0.1) is 0 Å². The first-order chi connectivity index (χ1) is 12.2. The van der Waals surface area contributed by atoms with Gasteiger partial charge < -0.3 is 9.47 Å². The summed E-state index contributed by atoms with van der Waals surface area (Å²) >= 11 is 1.81. The summed E-state index contributed by atoms with van der Waals surface area (Å²) in [5.41, 5.74) is 5.08. The molecule has 1 unspecified atom stereocenters. The summed E-state index contributed by atoms with van der Waals surface area (Å²) in [6.45, 7) is 5.96. The first kappa shape index (κ1) is 16.3. The second kappa shape index (κ2) is 6.62. The van der Waals surface area contributed by atoms with E-state index in [1.54, 1.807) is 7.11 Å². The van der Waals surface area contributed by atoms with Crippen molar-refractivity contribution in [2.45, 2.75) is 26.5 Å². The van der Waals surface area contributed by atoms with Crippen LogP contribution in [-0.2, 0) is 11.3 Å². The highest BCUT2D eigenvalue weighted by Crippen LogP contribution is 2.32. The topological polar surface area (TPSA) is 22.3 Å². The lowest BCUT2D eigenvalue weighted by Gasteiger charge is -2.27. The van der Waals surface area contributed by atoms with Gasteiger partial charge in [0.25, 0.3) is 5.01 Å². The molecule has 0 saturated carbocycles. The van der Waals surface area contributed by atoms with Crippen LogP contribution in [0.1, 0.15) is 18.9 Å². The fourth-order valence-corrected chi connectivity index (χ4v) is 4.59. The zero-order valence-electron chi connectivity index (χ0n) is 14.8. The van der Waals surface area contributed by atoms with Crippen LogP contribution in [0.4, 0.5) is 0 Å². The van der Waals surface area contributed by atoms with Gasteiger partial charge in [-0.1, -0.05) is 35.6 Å². The average Bonchev–Trinajstić information content (AvgIpc) is 3.00. The van der Waals surface area contributed by atoms with Crippen molar-refractivity contribution in [3.8, 4) is 5.75 Å². The van der Waals surface area contributed by atoms with Gasteiger partial charge in [-0.2, -0.15) is 4.57 Å². The standard InChI is InChI=1S/C21H22NO2S/c1-4-22-18-12-16(23-3)9-10-20(18)25-21(22)11-15-13-24-19-8-6-5-7-17(19)14(15)2/h5-12,19H,4,13H2,1-3H3/q+1. The summed E-state index contributed by atoms with van der Waals surface area (Å²) in [6, 6.07) is 6.28. The zero-order chi connectivity index (χ0) is 17.4. The predicted octanol–water partition coefficient (Wildman–Crippen LogP) is 4.44. The van der Waals surface area contributed by atoms with Crippen LogP contribution in [0.15, 0.2) is 59.2 Å². The Hall–Kier alpha value is -2.17. The summed E-state index contributed by atoms with van der Waals surface area (Å²) in [4.78, 5) is 0. The van der Waals surface area contributed by atoms with E-state index in [1.165, 1.54) is 31.9 Å². The number of hydrogen-bond acceptors (Lipinski definition) is 3. The van der Waals surface area contributed by atoms with E-state index in [-0.39, 0.29) is 6.10 Å². The van der Waals surface area contributed by atoms with Gasteiger partial charge in [0.2, 0.25) is 5.52 Å². The molecule has 2 aliphatic rings. The van der Waals surface area contributed by atoms with E-state index in [2.05, 4.69) is 60.9 Å². The Morgan fingerprint density at radius 3 is 3.04 bits per heavy atom. The van der Waals surface area contributed by atoms with Crippen molar-refractivity contribution in [3.63, 3.8) is 0 Å². The highest BCUT2D eigenvalue weighted by Gasteiger charge is 2.25. The molecule has 0 amide bonds. The summed E-state index contributed by atoms with van der Waals surface area (Å²) in [5.74, 6) is 0.896. The number of allylic oxidation sites excluding steroid dienone is 2. The molecule has 128 valence electrons. The number of benzene rings is 1. The first-order valence-corrected chi connectivity index (χ1v) is 9.41. The molecule has 0 saturated heterocycles.